The molecule has 0 aromatic carbocycles. The summed E-state index contributed by atoms with van der Waals surface area (Å²) in [5.74, 6) is -1.30. The van der Waals surface area contributed by atoms with Crippen molar-refractivity contribution in [3.63, 3.8) is 0 Å². The molecule has 0 aromatic rings. The Morgan fingerprint density at radius 2 is 0.466 bits per heavy atom. The van der Waals surface area contributed by atoms with Crippen LogP contribution in [0.25, 0.3) is 0 Å². The molecule has 0 aliphatic rings. The minimum absolute atomic E-state index is 0.107. The van der Waals surface area contributed by atoms with Crippen LogP contribution in [0.15, 0.2) is 0 Å². The number of hydrogen-bond acceptors (Lipinski definition) is 15. The van der Waals surface area contributed by atoms with E-state index in [0.717, 1.165) is 95.8 Å². The van der Waals surface area contributed by atoms with Gasteiger partial charge in [-0.05, 0) is 31.6 Å². The van der Waals surface area contributed by atoms with E-state index in [1.165, 1.54) is 276 Å². The highest BCUT2D eigenvalue weighted by molar-refractivity contribution is 7.47. The highest BCUT2D eigenvalue weighted by Gasteiger charge is 2.30. The first-order chi connectivity index (χ1) is 50.1. The molecular formula is C84H164O17P2. The minimum atomic E-state index is -4.96. The Bertz CT molecular complexity index is 1960. The Morgan fingerprint density at radius 1 is 0.272 bits per heavy atom. The number of esters is 4. The van der Waals surface area contributed by atoms with E-state index in [-0.39, 0.29) is 25.7 Å². The predicted molar refractivity (Wildman–Crippen MR) is 423 cm³/mol. The summed E-state index contributed by atoms with van der Waals surface area (Å²) in [6.45, 7) is 7.37. The van der Waals surface area contributed by atoms with Gasteiger partial charge in [0.25, 0.3) is 0 Å². The van der Waals surface area contributed by atoms with E-state index < -0.39 is 97.5 Å². The van der Waals surface area contributed by atoms with Crippen molar-refractivity contribution in [2.75, 3.05) is 39.6 Å². The molecule has 0 bridgehead atoms. The smallest absolute Gasteiger partial charge is 0.462 e. The Morgan fingerprint density at radius 3 is 0.689 bits per heavy atom. The standard InChI is InChI=1S/C84H164O17P2/c1-6-10-13-16-19-22-25-27-29-31-32-33-34-36-38-40-43-49-54-59-64-69-83(88)100-79(74-95-82(87)68-63-58-53-48-42-39-37-35-30-28-26-23-20-17-14-11-7-2)75-98-102(90,91)96-71-78(85)72-97-103(92,93)99-76-80(73-94-81(86)67-62-57-52-47-41-24-21-18-15-12-8-3)101-84(89)70-65-60-55-50-45-44-46-51-56-61-66-77(5)9-4/h77-80,85H,6-76H2,1-5H3,(H,90,91)(H,92,93)/t77?,78-,79-,80-/m1/s1. The summed E-state index contributed by atoms with van der Waals surface area (Å²) in [4.78, 5) is 73.1. The third-order valence-electron chi connectivity index (χ3n) is 20.1. The highest BCUT2D eigenvalue weighted by Crippen LogP contribution is 2.45. The van der Waals surface area contributed by atoms with Crippen molar-refractivity contribution >= 4 is 39.5 Å². The van der Waals surface area contributed by atoms with Crippen LogP contribution in [-0.4, -0.2) is 96.7 Å². The third-order valence-corrected chi connectivity index (χ3v) is 22.0. The average molecular weight is 1510 g/mol. The van der Waals surface area contributed by atoms with Crippen molar-refractivity contribution in [2.45, 2.75) is 470 Å². The number of phosphoric acid groups is 2. The fourth-order valence-electron chi connectivity index (χ4n) is 13.1. The van der Waals surface area contributed by atoms with E-state index in [9.17, 15) is 43.2 Å². The van der Waals surface area contributed by atoms with E-state index in [0.29, 0.717) is 25.7 Å². The average Bonchev–Trinajstić information content (AvgIpc) is 0.916. The van der Waals surface area contributed by atoms with Gasteiger partial charge >= 0.3 is 39.5 Å². The van der Waals surface area contributed by atoms with Gasteiger partial charge in [-0.1, -0.05) is 401 Å². The molecule has 0 aliphatic heterocycles. The molecule has 0 aromatic heterocycles. The lowest BCUT2D eigenvalue weighted by Crippen LogP contribution is -2.30. The van der Waals surface area contributed by atoms with Crippen molar-refractivity contribution in [2.24, 2.45) is 5.92 Å². The normalized spacial score (nSPS) is 14.1. The van der Waals surface area contributed by atoms with Crippen LogP contribution >= 0.6 is 15.6 Å². The van der Waals surface area contributed by atoms with Crippen molar-refractivity contribution in [3.05, 3.63) is 0 Å². The molecule has 0 heterocycles. The van der Waals surface area contributed by atoms with Crippen LogP contribution in [-0.2, 0) is 65.4 Å². The van der Waals surface area contributed by atoms with Gasteiger partial charge in [0.1, 0.15) is 19.3 Å². The van der Waals surface area contributed by atoms with Crippen LogP contribution in [0.2, 0.25) is 0 Å². The maximum atomic E-state index is 13.1. The first-order valence-corrected chi connectivity index (χ1v) is 46.7. The zero-order valence-electron chi connectivity index (χ0n) is 67.5. The first kappa shape index (κ1) is 101. The molecule has 3 N–H and O–H groups in total. The van der Waals surface area contributed by atoms with E-state index in [2.05, 4.69) is 34.6 Å². The van der Waals surface area contributed by atoms with Gasteiger partial charge < -0.3 is 33.8 Å². The van der Waals surface area contributed by atoms with Gasteiger partial charge in [0.05, 0.1) is 26.4 Å². The van der Waals surface area contributed by atoms with Crippen LogP contribution in [0.3, 0.4) is 0 Å². The number of phosphoric ester groups is 2. The molecule has 0 spiro atoms. The molecule has 612 valence electrons. The van der Waals surface area contributed by atoms with Crippen LogP contribution in [0, 0.1) is 5.92 Å². The molecule has 6 atom stereocenters. The summed E-state index contributed by atoms with van der Waals surface area (Å²) in [6.07, 6.45) is 69.3. The number of aliphatic hydroxyl groups is 1. The predicted octanol–water partition coefficient (Wildman–Crippen LogP) is 25.6. The summed E-state index contributed by atoms with van der Waals surface area (Å²) in [6, 6.07) is 0. The molecule has 0 radical (unpaired) electrons. The van der Waals surface area contributed by atoms with Crippen molar-refractivity contribution in [1.29, 1.82) is 0 Å². The van der Waals surface area contributed by atoms with Crippen LogP contribution < -0.4 is 0 Å². The molecule has 17 nitrogen and oxygen atoms in total. The molecule has 3 unspecified atom stereocenters. The number of rotatable bonds is 84. The molecule has 0 rings (SSSR count). The van der Waals surface area contributed by atoms with Gasteiger partial charge in [0.15, 0.2) is 12.2 Å². The maximum Gasteiger partial charge on any atom is 0.472 e. The number of carbonyl (C=O) groups excluding carboxylic acids is 4. The van der Waals surface area contributed by atoms with Crippen LogP contribution in [0.4, 0.5) is 0 Å². The zero-order chi connectivity index (χ0) is 75.5. The molecule has 19 heteroatoms. The van der Waals surface area contributed by atoms with Gasteiger partial charge in [-0.2, -0.15) is 0 Å². The molecule has 0 saturated heterocycles. The lowest BCUT2D eigenvalue weighted by molar-refractivity contribution is -0.161. The SMILES string of the molecule is CCCCCCCCCCCCCCCCCCCCCCCC(=O)O[C@H](COC(=O)CCCCCCCCCCCCCCCCCCC)COP(=O)(O)OC[C@@H](O)COP(=O)(O)OC[C@@H](COC(=O)CCCCCCCCCCCCC)OC(=O)CCCCCCCCCCCCC(C)CC. The summed E-state index contributed by atoms with van der Waals surface area (Å²) in [7, 11) is -9.92. The number of ether oxygens (including phenoxy) is 4. The fourth-order valence-corrected chi connectivity index (χ4v) is 14.7. The van der Waals surface area contributed by atoms with E-state index in [1.54, 1.807) is 0 Å². The summed E-state index contributed by atoms with van der Waals surface area (Å²) >= 11 is 0. The monoisotopic (exact) mass is 1510 g/mol. The fraction of sp³-hybridized carbons (Fsp3) is 0.952. The first-order valence-electron chi connectivity index (χ1n) is 43.7. The second-order valence-corrected chi connectivity index (χ2v) is 33.4. The zero-order valence-corrected chi connectivity index (χ0v) is 69.3. The summed E-state index contributed by atoms with van der Waals surface area (Å²) in [5.41, 5.74) is 0. The molecule has 103 heavy (non-hydrogen) atoms. The van der Waals surface area contributed by atoms with Gasteiger partial charge in [0, 0.05) is 25.7 Å². The van der Waals surface area contributed by atoms with Gasteiger partial charge in [-0.3, -0.25) is 37.3 Å². The second kappa shape index (κ2) is 76.8. The lowest BCUT2D eigenvalue weighted by Gasteiger charge is -2.21. The van der Waals surface area contributed by atoms with Crippen LogP contribution in [0.1, 0.15) is 452 Å². The number of hydrogen-bond donors (Lipinski definition) is 3. The highest BCUT2D eigenvalue weighted by atomic mass is 31.2. The van der Waals surface area contributed by atoms with Gasteiger partial charge in [-0.15, -0.1) is 0 Å². The summed E-state index contributed by atoms with van der Waals surface area (Å²) in [5, 5.41) is 10.7. The second-order valence-electron chi connectivity index (χ2n) is 30.5. The Balaban J connectivity index is 5.23. The minimum Gasteiger partial charge on any atom is -0.462 e. The van der Waals surface area contributed by atoms with E-state index >= 15 is 0 Å². The quantitative estimate of drug-likeness (QED) is 0.0222. The number of aliphatic hydroxyl groups excluding tert-OH is 1. The third kappa shape index (κ3) is 76.6. The Kier molecular flexibility index (Phi) is 75.4. The van der Waals surface area contributed by atoms with Crippen molar-refractivity contribution in [1.82, 2.24) is 0 Å². The number of carbonyl (C=O) groups is 4. The lowest BCUT2D eigenvalue weighted by atomic mass is 9.99. The Hall–Kier alpha value is -1.94. The Labute approximate surface area is 632 Å². The number of unbranched alkanes of at least 4 members (excludes halogenated alkanes) is 55. The maximum absolute atomic E-state index is 13.1. The topological polar surface area (TPSA) is 237 Å². The van der Waals surface area contributed by atoms with Crippen molar-refractivity contribution in [3.8, 4) is 0 Å². The molecule has 0 amide bonds. The molecule has 0 fully saturated rings. The van der Waals surface area contributed by atoms with Gasteiger partial charge in [0.2, 0.25) is 0 Å². The molecule has 0 saturated carbocycles. The van der Waals surface area contributed by atoms with E-state index in [4.69, 9.17) is 37.0 Å². The largest absolute Gasteiger partial charge is 0.472 e. The van der Waals surface area contributed by atoms with Gasteiger partial charge in [-0.25, -0.2) is 9.13 Å². The van der Waals surface area contributed by atoms with E-state index in [1.807, 2.05) is 0 Å². The molecule has 0 aliphatic carbocycles. The van der Waals surface area contributed by atoms with Crippen LogP contribution in [0.5, 0.6) is 0 Å². The summed E-state index contributed by atoms with van der Waals surface area (Å²) < 4.78 is 68.8. The molecular weight excluding hydrogens is 1340 g/mol. The van der Waals surface area contributed by atoms with Crippen molar-refractivity contribution < 1.29 is 80.2 Å².